The molecule has 3 N–H and O–H groups in total. The van der Waals surface area contributed by atoms with Crippen LogP contribution in [0.15, 0.2) is 18.2 Å². The molecule has 3 rings (SSSR count). The Bertz CT molecular complexity index is 540. The number of amides is 2. The number of nitrogen functional groups attached to an aromatic ring is 1. The van der Waals surface area contributed by atoms with Crippen LogP contribution in [0.1, 0.15) is 12.8 Å². The number of nitrogens with two attached hydrogens (primary N) is 1. The van der Waals surface area contributed by atoms with Crippen LogP contribution < -0.4 is 20.7 Å². The normalized spacial score (nSPS) is 17.9. The van der Waals surface area contributed by atoms with Gasteiger partial charge in [0.15, 0.2) is 6.61 Å². The summed E-state index contributed by atoms with van der Waals surface area (Å²) < 4.78 is 5.29. The first-order valence-electron chi connectivity index (χ1n) is 6.26. The third kappa shape index (κ3) is 2.39. The Kier molecular flexibility index (Phi) is 2.87. The SMILES string of the molecule is Nc1ccc2c(c1)N(C(=O)CNC1CC1)C(=O)CO2. The molecular weight excluding hydrogens is 246 g/mol. The number of nitrogens with one attached hydrogen (secondary N) is 1. The van der Waals surface area contributed by atoms with Crippen molar-refractivity contribution in [3.63, 3.8) is 0 Å². The van der Waals surface area contributed by atoms with Gasteiger partial charge in [-0.25, -0.2) is 4.90 Å². The predicted octanol–water partition coefficient (Wildman–Crippen LogP) is 0.273. The maximum absolute atomic E-state index is 12.2. The van der Waals surface area contributed by atoms with Gasteiger partial charge in [0.2, 0.25) is 5.91 Å². The zero-order chi connectivity index (χ0) is 13.4. The van der Waals surface area contributed by atoms with Gasteiger partial charge < -0.3 is 15.8 Å². The number of carbonyl (C=O) groups is 2. The Balaban J connectivity index is 1.84. The molecule has 1 aliphatic heterocycles. The monoisotopic (exact) mass is 261 g/mol. The van der Waals surface area contributed by atoms with Crippen LogP contribution in [0.4, 0.5) is 11.4 Å². The lowest BCUT2D eigenvalue weighted by Crippen LogP contribution is -2.47. The molecule has 0 aromatic heterocycles. The molecular formula is C13H15N3O3. The Labute approximate surface area is 110 Å². The Morgan fingerprint density at radius 2 is 2.26 bits per heavy atom. The van der Waals surface area contributed by atoms with Gasteiger partial charge in [0.1, 0.15) is 5.75 Å². The van der Waals surface area contributed by atoms with Crippen molar-refractivity contribution in [2.45, 2.75) is 18.9 Å². The fourth-order valence-corrected chi connectivity index (χ4v) is 2.04. The second-order valence-corrected chi connectivity index (χ2v) is 4.79. The molecule has 0 radical (unpaired) electrons. The smallest absolute Gasteiger partial charge is 0.271 e. The van der Waals surface area contributed by atoms with E-state index in [0.717, 1.165) is 17.7 Å². The van der Waals surface area contributed by atoms with E-state index in [-0.39, 0.29) is 25.0 Å². The molecule has 1 fully saturated rings. The zero-order valence-corrected chi connectivity index (χ0v) is 10.4. The van der Waals surface area contributed by atoms with Crippen LogP contribution in [-0.2, 0) is 9.59 Å². The van der Waals surface area contributed by atoms with Crippen LogP contribution in [0.25, 0.3) is 0 Å². The van der Waals surface area contributed by atoms with E-state index in [0.29, 0.717) is 23.2 Å². The average molecular weight is 261 g/mol. The second kappa shape index (κ2) is 4.55. The third-order valence-electron chi connectivity index (χ3n) is 3.19. The van der Waals surface area contributed by atoms with Crippen LogP contribution >= 0.6 is 0 Å². The van der Waals surface area contributed by atoms with E-state index < -0.39 is 0 Å². The van der Waals surface area contributed by atoms with Gasteiger partial charge in [-0.05, 0) is 31.0 Å². The average Bonchev–Trinajstić information content (AvgIpc) is 3.19. The lowest BCUT2D eigenvalue weighted by atomic mass is 10.2. The third-order valence-corrected chi connectivity index (χ3v) is 3.19. The fourth-order valence-electron chi connectivity index (χ4n) is 2.04. The number of ether oxygens (including phenoxy) is 1. The molecule has 1 saturated carbocycles. The van der Waals surface area contributed by atoms with Crippen molar-refractivity contribution in [1.82, 2.24) is 5.32 Å². The first kappa shape index (κ1) is 12.0. The van der Waals surface area contributed by atoms with Gasteiger partial charge in [0, 0.05) is 11.7 Å². The molecule has 6 nitrogen and oxygen atoms in total. The van der Waals surface area contributed by atoms with E-state index in [9.17, 15) is 9.59 Å². The highest BCUT2D eigenvalue weighted by molar-refractivity contribution is 6.18. The summed E-state index contributed by atoms with van der Waals surface area (Å²) in [6.07, 6.45) is 2.18. The number of imide groups is 1. The van der Waals surface area contributed by atoms with Crippen LogP contribution in [0.5, 0.6) is 5.75 Å². The molecule has 0 unspecified atom stereocenters. The molecule has 1 aliphatic carbocycles. The van der Waals surface area contributed by atoms with Crippen LogP contribution in [0.3, 0.4) is 0 Å². The van der Waals surface area contributed by atoms with Gasteiger partial charge in [-0.1, -0.05) is 0 Å². The largest absolute Gasteiger partial charge is 0.482 e. The molecule has 0 spiro atoms. The number of hydrogen-bond acceptors (Lipinski definition) is 5. The van der Waals surface area contributed by atoms with Crippen molar-refractivity contribution in [2.75, 3.05) is 23.8 Å². The van der Waals surface area contributed by atoms with Crippen molar-refractivity contribution in [3.8, 4) is 5.75 Å². The number of rotatable bonds is 3. The minimum atomic E-state index is -0.360. The Hall–Kier alpha value is -2.08. The fraction of sp³-hybridized carbons (Fsp3) is 0.385. The van der Waals surface area contributed by atoms with E-state index in [1.165, 1.54) is 0 Å². The molecule has 0 bridgehead atoms. The zero-order valence-electron chi connectivity index (χ0n) is 10.4. The van der Waals surface area contributed by atoms with Gasteiger partial charge in [0.25, 0.3) is 5.91 Å². The van der Waals surface area contributed by atoms with Crippen molar-refractivity contribution in [3.05, 3.63) is 18.2 Å². The summed E-state index contributed by atoms with van der Waals surface area (Å²) in [5.41, 5.74) is 6.62. The van der Waals surface area contributed by atoms with Crippen LogP contribution in [0.2, 0.25) is 0 Å². The quantitative estimate of drug-likeness (QED) is 0.763. The summed E-state index contributed by atoms with van der Waals surface area (Å²) in [6.45, 7) is 0.0384. The molecule has 1 heterocycles. The molecule has 19 heavy (non-hydrogen) atoms. The van der Waals surface area contributed by atoms with Crippen molar-refractivity contribution in [2.24, 2.45) is 0 Å². The molecule has 1 aromatic carbocycles. The molecule has 1 aromatic rings. The van der Waals surface area contributed by atoms with Crippen LogP contribution in [-0.4, -0.2) is 31.0 Å². The standard InChI is InChI=1S/C13H15N3O3/c14-8-1-4-11-10(5-8)16(13(18)7-19-11)12(17)6-15-9-2-3-9/h1,4-5,9,15H,2-3,6-7,14H2. The first-order chi connectivity index (χ1) is 9.15. The molecule has 2 amide bonds. The van der Waals surface area contributed by atoms with E-state index in [2.05, 4.69) is 5.32 Å². The molecule has 0 atom stereocenters. The van der Waals surface area contributed by atoms with Crippen molar-refractivity contribution in [1.29, 1.82) is 0 Å². The van der Waals surface area contributed by atoms with E-state index in [4.69, 9.17) is 10.5 Å². The minimum Gasteiger partial charge on any atom is -0.482 e. The lowest BCUT2D eigenvalue weighted by Gasteiger charge is -2.28. The molecule has 6 heteroatoms. The molecule has 100 valence electrons. The van der Waals surface area contributed by atoms with E-state index in [1.807, 2.05) is 0 Å². The van der Waals surface area contributed by atoms with E-state index >= 15 is 0 Å². The number of fused-ring (bicyclic) bond motifs is 1. The van der Waals surface area contributed by atoms with Gasteiger partial charge in [-0.3, -0.25) is 9.59 Å². The Morgan fingerprint density at radius 3 is 3.00 bits per heavy atom. The molecule has 0 saturated heterocycles. The second-order valence-electron chi connectivity index (χ2n) is 4.79. The van der Waals surface area contributed by atoms with Gasteiger partial charge in [-0.15, -0.1) is 0 Å². The number of anilines is 2. The van der Waals surface area contributed by atoms with Crippen molar-refractivity contribution < 1.29 is 14.3 Å². The number of carbonyl (C=O) groups excluding carboxylic acids is 2. The summed E-state index contributed by atoms with van der Waals surface area (Å²) >= 11 is 0. The molecule has 2 aliphatic rings. The Morgan fingerprint density at radius 1 is 1.47 bits per heavy atom. The van der Waals surface area contributed by atoms with Crippen LogP contribution in [0, 0.1) is 0 Å². The van der Waals surface area contributed by atoms with Gasteiger partial charge >= 0.3 is 0 Å². The number of benzene rings is 1. The number of nitrogens with zero attached hydrogens (tertiary/aromatic N) is 1. The topological polar surface area (TPSA) is 84.7 Å². The van der Waals surface area contributed by atoms with E-state index in [1.54, 1.807) is 18.2 Å². The maximum atomic E-state index is 12.2. The summed E-state index contributed by atoms with van der Waals surface area (Å²) in [6, 6.07) is 5.35. The highest BCUT2D eigenvalue weighted by Crippen LogP contribution is 2.33. The van der Waals surface area contributed by atoms with Gasteiger partial charge in [-0.2, -0.15) is 0 Å². The highest BCUT2D eigenvalue weighted by atomic mass is 16.5. The summed E-state index contributed by atoms with van der Waals surface area (Å²) in [4.78, 5) is 25.2. The summed E-state index contributed by atoms with van der Waals surface area (Å²) in [5.74, 6) is -0.124. The number of hydrogen-bond donors (Lipinski definition) is 2. The minimum absolute atomic E-state index is 0.119. The highest BCUT2D eigenvalue weighted by Gasteiger charge is 2.32. The lowest BCUT2D eigenvalue weighted by molar-refractivity contribution is -0.128. The predicted molar refractivity (Wildman–Crippen MR) is 69.9 cm³/mol. The summed E-state index contributed by atoms with van der Waals surface area (Å²) in [7, 11) is 0. The first-order valence-corrected chi connectivity index (χ1v) is 6.26. The van der Waals surface area contributed by atoms with Crippen molar-refractivity contribution >= 4 is 23.2 Å². The summed E-state index contributed by atoms with van der Waals surface area (Å²) in [5, 5.41) is 3.10. The maximum Gasteiger partial charge on any atom is 0.271 e. The van der Waals surface area contributed by atoms with Gasteiger partial charge in [0.05, 0.1) is 12.2 Å².